The van der Waals surface area contributed by atoms with Gasteiger partial charge in [0.25, 0.3) is 5.56 Å². The fourth-order valence-electron chi connectivity index (χ4n) is 3.91. The van der Waals surface area contributed by atoms with Gasteiger partial charge in [0.05, 0.1) is 0 Å². The van der Waals surface area contributed by atoms with E-state index in [1.165, 1.54) is 4.52 Å². The van der Waals surface area contributed by atoms with E-state index in [4.69, 9.17) is 11.6 Å². The lowest BCUT2D eigenvalue weighted by Gasteiger charge is -2.14. The van der Waals surface area contributed by atoms with Crippen LogP contribution in [0, 0.1) is 0 Å². The third-order valence-corrected chi connectivity index (χ3v) is 5.47. The van der Waals surface area contributed by atoms with E-state index in [1.54, 1.807) is 24.3 Å². The monoisotopic (exact) mass is 419 g/mol. The maximum Gasteiger partial charge on any atom is 0.279 e. The van der Waals surface area contributed by atoms with Crippen LogP contribution in [0.3, 0.4) is 0 Å². The summed E-state index contributed by atoms with van der Waals surface area (Å²) in [7, 11) is 0. The Morgan fingerprint density at radius 3 is 2.73 bits per heavy atom. The van der Waals surface area contributed by atoms with E-state index in [-0.39, 0.29) is 18.0 Å². The van der Waals surface area contributed by atoms with Gasteiger partial charge in [0.1, 0.15) is 6.54 Å². The predicted octanol–water partition coefficient (Wildman–Crippen LogP) is 3.34. The zero-order valence-electron chi connectivity index (χ0n) is 16.0. The molecule has 1 aliphatic carbocycles. The maximum atomic E-state index is 13.0. The number of halogens is 1. The molecule has 1 aliphatic rings. The van der Waals surface area contributed by atoms with Crippen molar-refractivity contribution in [3.05, 3.63) is 81.2 Å². The Labute approximate surface area is 176 Å². The van der Waals surface area contributed by atoms with Crippen molar-refractivity contribution in [3.63, 3.8) is 0 Å². The van der Waals surface area contributed by atoms with E-state index in [9.17, 15) is 9.59 Å². The van der Waals surface area contributed by atoms with Crippen molar-refractivity contribution in [2.75, 3.05) is 5.32 Å². The van der Waals surface area contributed by atoms with Crippen LogP contribution in [0.4, 0.5) is 5.69 Å². The molecule has 0 fully saturated rings. The second kappa shape index (κ2) is 7.42. The van der Waals surface area contributed by atoms with Crippen LogP contribution in [-0.4, -0.2) is 25.1 Å². The van der Waals surface area contributed by atoms with Gasteiger partial charge in [-0.3, -0.25) is 9.59 Å². The fourth-order valence-corrected chi connectivity index (χ4v) is 4.10. The Balaban J connectivity index is 1.58. The van der Waals surface area contributed by atoms with Crippen LogP contribution < -0.4 is 10.9 Å². The van der Waals surface area contributed by atoms with Gasteiger partial charge in [0.15, 0.2) is 5.82 Å². The molecule has 150 valence electrons. The van der Waals surface area contributed by atoms with E-state index in [0.717, 1.165) is 24.1 Å². The second-order valence-electron chi connectivity index (χ2n) is 7.24. The van der Waals surface area contributed by atoms with Gasteiger partial charge in [-0.05, 0) is 37.5 Å². The Morgan fingerprint density at radius 1 is 1.10 bits per heavy atom. The normalized spacial score (nSPS) is 12.8. The average molecular weight is 420 g/mol. The maximum absolute atomic E-state index is 13.0. The average Bonchev–Trinajstić information content (AvgIpc) is 3.40. The molecule has 0 spiro atoms. The number of hydrogen-bond donors (Lipinski definition) is 1. The van der Waals surface area contributed by atoms with Crippen LogP contribution in [0.5, 0.6) is 0 Å². The number of nitrogens with zero attached hydrogens (tertiary/aromatic N) is 4. The molecule has 0 unspecified atom stereocenters. The number of carbonyl (C=O) groups is 1. The molecule has 0 radical (unpaired) electrons. The summed E-state index contributed by atoms with van der Waals surface area (Å²) >= 11 is 6.01. The molecule has 0 saturated heterocycles. The molecule has 7 nitrogen and oxygen atoms in total. The summed E-state index contributed by atoms with van der Waals surface area (Å²) in [6.07, 6.45) is 2.29. The predicted molar refractivity (Wildman–Crippen MR) is 115 cm³/mol. The minimum Gasteiger partial charge on any atom is -0.324 e. The van der Waals surface area contributed by atoms with Gasteiger partial charge in [-0.15, -0.1) is 5.10 Å². The Morgan fingerprint density at radius 2 is 1.93 bits per heavy atom. The van der Waals surface area contributed by atoms with Gasteiger partial charge < -0.3 is 9.88 Å². The fraction of sp³-hybridized carbons (Fsp3) is 0.182. The van der Waals surface area contributed by atoms with E-state index < -0.39 is 0 Å². The minimum atomic E-state index is -0.221. The van der Waals surface area contributed by atoms with Crippen molar-refractivity contribution >= 4 is 29.0 Å². The standard InChI is InChI=1S/C22H18ClN5O2/c23-15-8-4-9-16(12-15)24-19(29)13-27-18-11-5-10-17(18)21(30)28-22(27)25-20(26-28)14-6-2-1-3-7-14/h1-4,6-9,12H,5,10-11,13H2,(H,24,29). The van der Waals surface area contributed by atoms with Crippen molar-refractivity contribution < 1.29 is 4.79 Å². The summed E-state index contributed by atoms with van der Waals surface area (Å²) in [5, 5.41) is 7.85. The molecule has 30 heavy (non-hydrogen) atoms. The number of rotatable bonds is 4. The molecule has 0 aliphatic heterocycles. The van der Waals surface area contributed by atoms with Gasteiger partial charge in [0, 0.05) is 27.5 Å². The summed E-state index contributed by atoms with van der Waals surface area (Å²) in [5.74, 6) is 0.613. The van der Waals surface area contributed by atoms with Crippen molar-refractivity contribution in [2.24, 2.45) is 0 Å². The molecule has 1 N–H and O–H groups in total. The SMILES string of the molecule is O=C(Cn1c2c(c(=O)n3nc(-c4ccccc4)nc13)CCC2)Nc1cccc(Cl)c1. The minimum absolute atomic E-state index is 0.0333. The first-order chi connectivity index (χ1) is 14.6. The highest BCUT2D eigenvalue weighted by atomic mass is 35.5. The number of carbonyl (C=O) groups excluding carboxylic acids is 1. The number of benzene rings is 2. The van der Waals surface area contributed by atoms with E-state index in [1.807, 2.05) is 34.9 Å². The summed E-state index contributed by atoms with van der Waals surface area (Å²) in [6, 6.07) is 16.5. The number of nitrogens with one attached hydrogen (secondary N) is 1. The van der Waals surface area contributed by atoms with Gasteiger partial charge in [-0.2, -0.15) is 9.50 Å². The van der Waals surface area contributed by atoms with E-state index >= 15 is 0 Å². The molecule has 2 aromatic carbocycles. The first kappa shape index (κ1) is 18.6. The van der Waals surface area contributed by atoms with Gasteiger partial charge in [-0.25, -0.2) is 0 Å². The smallest absolute Gasteiger partial charge is 0.279 e. The van der Waals surface area contributed by atoms with Crippen molar-refractivity contribution in [1.29, 1.82) is 0 Å². The van der Waals surface area contributed by atoms with Crippen LogP contribution >= 0.6 is 11.6 Å². The lowest BCUT2D eigenvalue weighted by Crippen LogP contribution is -2.28. The highest BCUT2D eigenvalue weighted by Gasteiger charge is 2.25. The molecule has 0 atom stereocenters. The first-order valence-corrected chi connectivity index (χ1v) is 10.1. The molecule has 5 rings (SSSR count). The van der Waals surface area contributed by atoms with Gasteiger partial charge in [0.2, 0.25) is 11.7 Å². The van der Waals surface area contributed by atoms with Crippen LogP contribution in [0.1, 0.15) is 17.7 Å². The molecule has 2 aromatic heterocycles. The summed E-state index contributed by atoms with van der Waals surface area (Å²) in [6.45, 7) is 0.0333. The van der Waals surface area contributed by atoms with Crippen molar-refractivity contribution in [1.82, 2.24) is 19.2 Å². The number of anilines is 1. The number of hydrogen-bond acceptors (Lipinski definition) is 4. The van der Waals surface area contributed by atoms with Gasteiger partial charge >= 0.3 is 0 Å². The van der Waals surface area contributed by atoms with Crippen LogP contribution in [-0.2, 0) is 24.2 Å². The molecule has 4 aromatic rings. The topological polar surface area (TPSA) is 81.3 Å². The number of amides is 1. The molecule has 2 heterocycles. The van der Waals surface area contributed by atoms with Gasteiger partial charge in [-0.1, -0.05) is 48.0 Å². The quantitative estimate of drug-likeness (QED) is 0.550. The van der Waals surface area contributed by atoms with Crippen molar-refractivity contribution in [2.45, 2.75) is 25.8 Å². The van der Waals surface area contributed by atoms with Crippen LogP contribution in [0.15, 0.2) is 59.4 Å². The lowest BCUT2D eigenvalue weighted by molar-refractivity contribution is -0.116. The van der Waals surface area contributed by atoms with Crippen LogP contribution in [0.2, 0.25) is 5.02 Å². The highest BCUT2D eigenvalue weighted by Crippen LogP contribution is 2.23. The first-order valence-electron chi connectivity index (χ1n) is 9.72. The highest BCUT2D eigenvalue weighted by molar-refractivity contribution is 6.30. The molecule has 8 heteroatoms. The van der Waals surface area contributed by atoms with Crippen molar-refractivity contribution in [3.8, 4) is 11.4 Å². The summed E-state index contributed by atoms with van der Waals surface area (Å²) in [5.41, 5.74) is 2.85. The largest absolute Gasteiger partial charge is 0.324 e. The molecule has 0 bridgehead atoms. The number of aromatic nitrogens is 4. The third-order valence-electron chi connectivity index (χ3n) is 5.24. The van der Waals surface area contributed by atoms with Crippen LogP contribution in [0.25, 0.3) is 17.2 Å². The summed E-state index contributed by atoms with van der Waals surface area (Å²) in [4.78, 5) is 30.4. The Bertz CT molecular complexity index is 1330. The molecule has 0 saturated carbocycles. The van der Waals surface area contributed by atoms with E-state index in [2.05, 4.69) is 15.4 Å². The number of fused-ring (bicyclic) bond motifs is 2. The molecular weight excluding hydrogens is 402 g/mol. The third kappa shape index (κ3) is 3.27. The molecular formula is C22H18ClN5O2. The second-order valence-corrected chi connectivity index (χ2v) is 7.68. The summed E-state index contributed by atoms with van der Waals surface area (Å²) < 4.78 is 3.13. The lowest BCUT2D eigenvalue weighted by atomic mass is 10.2. The van der Waals surface area contributed by atoms with E-state index in [0.29, 0.717) is 34.3 Å². The molecule has 1 amide bonds. The Hall–Kier alpha value is -3.45. The zero-order chi connectivity index (χ0) is 20.7. The Kier molecular flexibility index (Phi) is 4.59. The zero-order valence-corrected chi connectivity index (χ0v) is 16.8.